The number of alkyl halides is 3. The Morgan fingerprint density at radius 1 is 1.21 bits per heavy atom. The van der Waals surface area contributed by atoms with Crippen molar-refractivity contribution >= 4 is 34.5 Å². The Morgan fingerprint density at radius 3 is 2.59 bits per heavy atom. The van der Waals surface area contributed by atoms with Crippen LogP contribution in [0.15, 0.2) is 18.3 Å². The number of halogens is 3. The molecule has 1 aliphatic carbocycles. The normalized spacial score (nSPS) is 17.5. The fourth-order valence-electron chi connectivity index (χ4n) is 3.36. The average molecular weight is 410 g/mol. The second kappa shape index (κ2) is 7.45. The molecule has 2 aromatic heterocycles. The highest BCUT2D eigenvalue weighted by molar-refractivity contribution is 5.97. The lowest BCUT2D eigenvalue weighted by Gasteiger charge is -2.36. The topological polar surface area (TPSA) is 93.4 Å². The van der Waals surface area contributed by atoms with Gasteiger partial charge in [-0.1, -0.05) is 0 Å². The van der Waals surface area contributed by atoms with Crippen LogP contribution in [0.5, 0.6) is 0 Å². The molecule has 2 fully saturated rings. The second-order valence-corrected chi connectivity index (χ2v) is 7.28. The van der Waals surface area contributed by atoms with Crippen LogP contribution in [0.2, 0.25) is 0 Å². The van der Waals surface area contributed by atoms with Crippen molar-refractivity contribution in [2.45, 2.75) is 19.0 Å². The summed E-state index contributed by atoms with van der Waals surface area (Å²) in [6.45, 7) is 0.160. The van der Waals surface area contributed by atoms with E-state index >= 15 is 0 Å². The van der Waals surface area contributed by atoms with E-state index in [1.54, 1.807) is 12.3 Å². The molecule has 8 nitrogen and oxygen atoms in total. The van der Waals surface area contributed by atoms with E-state index in [9.17, 15) is 22.8 Å². The first-order valence-corrected chi connectivity index (χ1v) is 9.43. The standard InChI is InChI=1S/C18H21F3N6O2/c19-18(20,21)10-23-17(29)27-7-5-26(6-8-27)13-9-14(25-16(28)11-1-2-11)24-15-12(13)3-4-22-15/h3-4,9,11H,1-2,5-8,10H2,(H,23,29)(H2,22,24,25,28). The Labute approximate surface area is 164 Å². The summed E-state index contributed by atoms with van der Waals surface area (Å²) in [5.41, 5.74) is 1.50. The monoisotopic (exact) mass is 410 g/mol. The quantitative estimate of drug-likeness (QED) is 0.721. The van der Waals surface area contributed by atoms with Gasteiger partial charge in [0.05, 0.1) is 5.69 Å². The number of fused-ring (bicyclic) bond motifs is 1. The zero-order valence-corrected chi connectivity index (χ0v) is 15.6. The molecule has 0 aromatic carbocycles. The van der Waals surface area contributed by atoms with Crippen molar-refractivity contribution in [3.8, 4) is 0 Å². The fraction of sp³-hybridized carbons (Fsp3) is 0.500. The van der Waals surface area contributed by atoms with Crippen molar-refractivity contribution in [1.82, 2.24) is 20.2 Å². The molecule has 156 valence electrons. The molecule has 1 aliphatic heterocycles. The molecule has 11 heteroatoms. The van der Waals surface area contributed by atoms with E-state index in [0.717, 1.165) is 23.9 Å². The van der Waals surface area contributed by atoms with Crippen molar-refractivity contribution in [2.24, 2.45) is 5.92 Å². The Kier molecular flexibility index (Phi) is 4.97. The highest BCUT2D eigenvalue weighted by Crippen LogP contribution is 2.32. The zero-order chi connectivity index (χ0) is 20.6. The van der Waals surface area contributed by atoms with Gasteiger partial charge in [0.15, 0.2) is 0 Å². The minimum absolute atomic E-state index is 0.0412. The smallest absolute Gasteiger partial charge is 0.367 e. The molecule has 2 aromatic rings. The number of amides is 3. The molecular weight excluding hydrogens is 389 g/mol. The molecule has 0 atom stereocenters. The van der Waals surface area contributed by atoms with E-state index < -0.39 is 18.8 Å². The van der Waals surface area contributed by atoms with Crippen LogP contribution in [-0.2, 0) is 4.79 Å². The summed E-state index contributed by atoms with van der Waals surface area (Å²) >= 11 is 0. The molecule has 2 aliphatic rings. The van der Waals surface area contributed by atoms with Gasteiger partial charge in [0.1, 0.15) is 18.0 Å². The predicted octanol–water partition coefficient (Wildman–Crippen LogP) is 2.31. The van der Waals surface area contributed by atoms with E-state index in [2.05, 4.69) is 15.3 Å². The van der Waals surface area contributed by atoms with Crippen LogP contribution >= 0.6 is 0 Å². The number of carbonyl (C=O) groups excluding carboxylic acids is 2. The summed E-state index contributed by atoms with van der Waals surface area (Å²) in [4.78, 5) is 34.9. The maximum atomic E-state index is 12.3. The van der Waals surface area contributed by atoms with Gasteiger partial charge in [-0.05, 0) is 18.9 Å². The number of aromatic amines is 1. The Hall–Kier alpha value is -2.98. The molecule has 1 saturated carbocycles. The number of hydrogen-bond donors (Lipinski definition) is 3. The Morgan fingerprint density at radius 2 is 1.93 bits per heavy atom. The van der Waals surface area contributed by atoms with Gasteiger partial charge in [0.25, 0.3) is 0 Å². The average Bonchev–Trinajstić information content (AvgIpc) is 3.43. The molecule has 29 heavy (non-hydrogen) atoms. The number of nitrogens with one attached hydrogen (secondary N) is 3. The van der Waals surface area contributed by atoms with Crippen LogP contribution < -0.4 is 15.5 Å². The van der Waals surface area contributed by atoms with Gasteiger partial charge in [0.2, 0.25) is 5.91 Å². The summed E-state index contributed by atoms with van der Waals surface area (Å²) in [7, 11) is 0. The highest BCUT2D eigenvalue weighted by atomic mass is 19.4. The molecule has 3 amide bonds. The number of pyridine rings is 1. The van der Waals surface area contributed by atoms with E-state index in [0.29, 0.717) is 37.6 Å². The SMILES string of the molecule is O=C(Nc1cc(N2CCN(C(=O)NCC(F)(F)F)CC2)c2cc[nH]c2n1)C1CC1. The first-order valence-electron chi connectivity index (χ1n) is 9.43. The van der Waals surface area contributed by atoms with Gasteiger partial charge in [-0.25, -0.2) is 9.78 Å². The molecule has 0 bridgehead atoms. The van der Waals surface area contributed by atoms with Crippen LogP contribution in [0.1, 0.15) is 12.8 Å². The van der Waals surface area contributed by atoms with Gasteiger partial charge in [-0.3, -0.25) is 4.79 Å². The van der Waals surface area contributed by atoms with Crippen LogP contribution in [0.3, 0.4) is 0 Å². The molecule has 0 radical (unpaired) electrons. The van der Waals surface area contributed by atoms with E-state index in [-0.39, 0.29) is 11.8 Å². The largest absolute Gasteiger partial charge is 0.405 e. The Balaban J connectivity index is 1.44. The number of H-pyrrole nitrogens is 1. The number of rotatable bonds is 4. The van der Waals surface area contributed by atoms with Gasteiger partial charge < -0.3 is 25.4 Å². The minimum atomic E-state index is -4.43. The number of hydrogen-bond acceptors (Lipinski definition) is 4. The first kappa shape index (κ1) is 19.3. The van der Waals surface area contributed by atoms with Crippen LogP contribution in [0.25, 0.3) is 11.0 Å². The number of aromatic nitrogens is 2. The van der Waals surface area contributed by atoms with Crippen LogP contribution in [-0.4, -0.2) is 65.7 Å². The molecule has 0 unspecified atom stereocenters. The minimum Gasteiger partial charge on any atom is -0.367 e. The van der Waals surface area contributed by atoms with Crippen LogP contribution in [0.4, 0.5) is 29.5 Å². The van der Waals surface area contributed by atoms with Crippen molar-refractivity contribution < 1.29 is 22.8 Å². The van der Waals surface area contributed by atoms with Crippen molar-refractivity contribution in [2.75, 3.05) is 42.9 Å². The number of anilines is 2. The molecule has 4 rings (SSSR count). The van der Waals surface area contributed by atoms with E-state index in [1.807, 2.05) is 16.3 Å². The second-order valence-electron chi connectivity index (χ2n) is 7.28. The van der Waals surface area contributed by atoms with Gasteiger partial charge in [0, 0.05) is 49.7 Å². The highest BCUT2D eigenvalue weighted by Gasteiger charge is 2.31. The van der Waals surface area contributed by atoms with Crippen LogP contribution in [0, 0.1) is 5.92 Å². The zero-order valence-electron chi connectivity index (χ0n) is 15.6. The number of nitrogens with zero attached hydrogens (tertiary/aromatic N) is 3. The third-order valence-electron chi connectivity index (χ3n) is 5.05. The summed E-state index contributed by atoms with van der Waals surface area (Å²) in [6.07, 6.45) is -0.895. The number of piperazine rings is 1. The van der Waals surface area contributed by atoms with E-state index in [4.69, 9.17) is 0 Å². The summed E-state index contributed by atoms with van der Waals surface area (Å²) in [6, 6.07) is 2.96. The lowest BCUT2D eigenvalue weighted by Crippen LogP contribution is -2.53. The maximum Gasteiger partial charge on any atom is 0.405 e. The molecule has 1 saturated heterocycles. The predicted molar refractivity (Wildman–Crippen MR) is 101 cm³/mol. The van der Waals surface area contributed by atoms with Crippen molar-refractivity contribution in [3.63, 3.8) is 0 Å². The molecule has 0 spiro atoms. The fourth-order valence-corrected chi connectivity index (χ4v) is 3.36. The van der Waals surface area contributed by atoms with Gasteiger partial charge >= 0.3 is 12.2 Å². The summed E-state index contributed by atoms with van der Waals surface area (Å²) in [5.74, 6) is 0.469. The maximum absolute atomic E-state index is 12.3. The lowest BCUT2D eigenvalue weighted by molar-refractivity contribution is -0.123. The summed E-state index contributed by atoms with van der Waals surface area (Å²) in [5, 5.41) is 5.63. The lowest BCUT2D eigenvalue weighted by atomic mass is 10.2. The third-order valence-corrected chi connectivity index (χ3v) is 5.05. The molecular formula is C18H21F3N6O2. The molecule has 3 N–H and O–H groups in total. The van der Waals surface area contributed by atoms with E-state index in [1.165, 1.54) is 4.90 Å². The number of urea groups is 1. The number of carbonyl (C=O) groups is 2. The molecule has 3 heterocycles. The Bertz CT molecular complexity index is 916. The summed E-state index contributed by atoms with van der Waals surface area (Å²) < 4.78 is 36.9. The third kappa shape index (κ3) is 4.54. The van der Waals surface area contributed by atoms with Gasteiger partial charge in [-0.15, -0.1) is 0 Å². The van der Waals surface area contributed by atoms with Crippen molar-refractivity contribution in [1.29, 1.82) is 0 Å². The van der Waals surface area contributed by atoms with Crippen molar-refractivity contribution in [3.05, 3.63) is 18.3 Å². The van der Waals surface area contributed by atoms with Gasteiger partial charge in [-0.2, -0.15) is 13.2 Å². The first-order chi connectivity index (χ1) is 13.8.